The molecule has 4 nitrogen and oxygen atoms in total. The van der Waals surface area contributed by atoms with Crippen molar-refractivity contribution in [2.24, 2.45) is 5.92 Å². The third-order valence-corrected chi connectivity index (χ3v) is 3.48. The predicted octanol–water partition coefficient (Wildman–Crippen LogP) is 1.53. The van der Waals surface area contributed by atoms with Crippen LogP contribution >= 0.6 is 0 Å². The van der Waals surface area contributed by atoms with Gasteiger partial charge in [-0.2, -0.15) is 0 Å². The van der Waals surface area contributed by atoms with Crippen LogP contribution in [0.25, 0.3) is 0 Å². The molecule has 0 saturated carbocycles. The molecule has 0 radical (unpaired) electrons. The Morgan fingerprint density at radius 3 is 2.72 bits per heavy atom. The minimum atomic E-state index is -0.334. The average molecular weight is 251 g/mol. The molecule has 1 aliphatic heterocycles. The number of ether oxygens (including phenoxy) is 2. The summed E-state index contributed by atoms with van der Waals surface area (Å²) in [6.07, 6.45) is 0.622. The molecule has 2 atom stereocenters. The Bertz CT molecular complexity index is 360. The fraction of sp³-hybridized carbons (Fsp3) is 0.571. The van der Waals surface area contributed by atoms with E-state index in [0.717, 1.165) is 24.5 Å². The Kier molecular flexibility index (Phi) is 4.44. The molecule has 0 amide bonds. The number of benzene rings is 1. The van der Waals surface area contributed by atoms with Crippen LogP contribution in [-0.4, -0.2) is 45.1 Å². The number of aliphatic hydroxyl groups is 1. The molecule has 4 heteroatoms. The summed E-state index contributed by atoms with van der Waals surface area (Å²) in [5.74, 6) is 1.11. The first-order chi connectivity index (χ1) is 8.70. The number of anilines is 1. The molecule has 0 aromatic heterocycles. The van der Waals surface area contributed by atoms with E-state index in [0.29, 0.717) is 13.2 Å². The number of nitrogens with zero attached hydrogens (tertiary/aromatic N) is 1. The predicted molar refractivity (Wildman–Crippen MR) is 71.2 cm³/mol. The van der Waals surface area contributed by atoms with Crippen molar-refractivity contribution in [1.82, 2.24) is 0 Å². The topological polar surface area (TPSA) is 41.9 Å². The monoisotopic (exact) mass is 251 g/mol. The van der Waals surface area contributed by atoms with Crippen molar-refractivity contribution in [3.8, 4) is 5.75 Å². The third kappa shape index (κ3) is 3.15. The molecular weight excluding hydrogens is 230 g/mol. The third-order valence-electron chi connectivity index (χ3n) is 3.48. The normalized spacial score (nSPS) is 20.7. The van der Waals surface area contributed by atoms with Crippen LogP contribution in [0.3, 0.4) is 0 Å². The van der Waals surface area contributed by atoms with Crippen LogP contribution in [0.5, 0.6) is 5.75 Å². The van der Waals surface area contributed by atoms with E-state index in [1.54, 1.807) is 7.11 Å². The lowest BCUT2D eigenvalue weighted by Gasteiger charge is -2.25. The maximum atomic E-state index is 10.1. The molecule has 2 unspecified atom stereocenters. The zero-order valence-corrected chi connectivity index (χ0v) is 11.0. The van der Waals surface area contributed by atoms with Gasteiger partial charge in [0.15, 0.2) is 0 Å². The molecule has 1 N–H and O–H groups in total. The summed E-state index contributed by atoms with van der Waals surface area (Å²) in [6, 6.07) is 7.85. The van der Waals surface area contributed by atoms with Crippen LogP contribution in [0.2, 0.25) is 0 Å². The lowest BCUT2D eigenvalue weighted by atomic mass is 10.0. The number of methoxy groups -OCH3 is 1. The fourth-order valence-corrected chi connectivity index (χ4v) is 2.23. The number of rotatable bonds is 5. The molecule has 0 spiro atoms. The first-order valence-corrected chi connectivity index (χ1v) is 6.31. The average Bonchev–Trinajstić information content (AvgIpc) is 2.92. The van der Waals surface area contributed by atoms with E-state index < -0.39 is 0 Å². The second-order valence-corrected chi connectivity index (χ2v) is 4.77. The van der Waals surface area contributed by atoms with Crippen molar-refractivity contribution in [2.75, 3.05) is 38.8 Å². The van der Waals surface area contributed by atoms with Crippen molar-refractivity contribution in [3.05, 3.63) is 24.3 Å². The standard InChI is InChI=1S/C14H21NO3/c1-15(9-14(16)11-7-8-18-10-11)12-3-5-13(17-2)6-4-12/h3-6,11,14,16H,7-10H2,1-2H3. The first kappa shape index (κ1) is 13.2. The Labute approximate surface area is 108 Å². The molecule has 0 bridgehead atoms. The number of aliphatic hydroxyl groups excluding tert-OH is 1. The van der Waals surface area contributed by atoms with Gasteiger partial charge in [0.05, 0.1) is 19.8 Å². The number of hydrogen-bond donors (Lipinski definition) is 1. The SMILES string of the molecule is COc1ccc(N(C)CC(O)C2CCOC2)cc1. The van der Waals surface area contributed by atoms with Gasteiger partial charge in [-0.05, 0) is 30.7 Å². The molecule has 1 heterocycles. The minimum absolute atomic E-state index is 0.269. The molecule has 100 valence electrons. The molecule has 0 aliphatic carbocycles. The molecule has 2 rings (SSSR count). The van der Waals surface area contributed by atoms with Gasteiger partial charge in [0.25, 0.3) is 0 Å². The van der Waals surface area contributed by atoms with Gasteiger partial charge < -0.3 is 19.5 Å². The summed E-state index contributed by atoms with van der Waals surface area (Å²) >= 11 is 0. The van der Waals surface area contributed by atoms with Crippen LogP contribution in [0.15, 0.2) is 24.3 Å². The maximum absolute atomic E-state index is 10.1. The fourth-order valence-electron chi connectivity index (χ4n) is 2.23. The summed E-state index contributed by atoms with van der Waals surface area (Å²) in [5, 5.41) is 10.1. The van der Waals surface area contributed by atoms with Gasteiger partial charge in [-0.1, -0.05) is 0 Å². The van der Waals surface area contributed by atoms with E-state index in [9.17, 15) is 5.11 Å². The molecule has 1 saturated heterocycles. The minimum Gasteiger partial charge on any atom is -0.497 e. The summed E-state index contributed by atoms with van der Waals surface area (Å²) in [5.41, 5.74) is 1.08. The Morgan fingerprint density at radius 1 is 1.44 bits per heavy atom. The Morgan fingerprint density at radius 2 is 2.17 bits per heavy atom. The highest BCUT2D eigenvalue weighted by Crippen LogP contribution is 2.21. The first-order valence-electron chi connectivity index (χ1n) is 6.31. The summed E-state index contributed by atoms with van der Waals surface area (Å²) in [6.45, 7) is 2.08. The zero-order valence-electron chi connectivity index (χ0n) is 11.0. The summed E-state index contributed by atoms with van der Waals surface area (Å²) in [4.78, 5) is 2.06. The van der Waals surface area contributed by atoms with Crippen molar-refractivity contribution in [2.45, 2.75) is 12.5 Å². The van der Waals surface area contributed by atoms with E-state index >= 15 is 0 Å². The molecule has 1 aromatic rings. The second-order valence-electron chi connectivity index (χ2n) is 4.77. The van der Waals surface area contributed by atoms with Crippen LogP contribution < -0.4 is 9.64 Å². The van der Waals surface area contributed by atoms with Crippen molar-refractivity contribution < 1.29 is 14.6 Å². The molecule has 1 aliphatic rings. The van der Waals surface area contributed by atoms with Gasteiger partial charge in [0.1, 0.15) is 5.75 Å². The van der Waals surface area contributed by atoms with Crippen LogP contribution in [0, 0.1) is 5.92 Å². The largest absolute Gasteiger partial charge is 0.497 e. The summed E-state index contributed by atoms with van der Waals surface area (Å²) in [7, 11) is 3.64. The van der Waals surface area contributed by atoms with Crippen molar-refractivity contribution in [3.63, 3.8) is 0 Å². The number of likely N-dealkylation sites (N-methyl/N-ethyl adjacent to an activating group) is 1. The lowest BCUT2D eigenvalue weighted by molar-refractivity contribution is 0.0970. The van der Waals surface area contributed by atoms with Gasteiger partial charge in [-0.15, -0.1) is 0 Å². The van der Waals surface area contributed by atoms with Crippen molar-refractivity contribution in [1.29, 1.82) is 0 Å². The highest BCUT2D eigenvalue weighted by molar-refractivity contribution is 5.48. The Hall–Kier alpha value is -1.26. The van der Waals surface area contributed by atoms with E-state index in [4.69, 9.17) is 9.47 Å². The van der Waals surface area contributed by atoms with Gasteiger partial charge in [-0.25, -0.2) is 0 Å². The molecular formula is C14H21NO3. The maximum Gasteiger partial charge on any atom is 0.119 e. The van der Waals surface area contributed by atoms with Gasteiger partial charge in [-0.3, -0.25) is 0 Å². The summed E-state index contributed by atoms with van der Waals surface area (Å²) < 4.78 is 10.4. The quantitative estimate of drug-likeness (QED) is 0.861. The van der Waals surface area contributed by atoms with Gasteiger partial charge in [0, 0.05) is 31.8 Å². The van der Waals surface area contributed by atoms with E-state index in [1.165, 1.54) is 0 Å². The van der Waals surface area contributed by atoms with E-state index in [2.05, 4.69) is 4.90 Å². The van der Waals surface area contributed by atoms with Gasteiger partial charge >= 0.3 is 0 Å². The molecule has 18 heavy (non-hydrogen) atoms. The number of hydrogen-bond acceptors (Lipinski definition) is 4. The molecule has 1 aromatic carbocycles. The lowest BCUT2D eigenvalue weighted by Crippen LogP contribution is -2.34. The van der Waals surface area contributed by atoms with E-state index in [-0.39, 0.29) is 12.0 Å². The van der Waals surface area contributed by atoms with Crippen molar-refractivity contribution >= 4 is 5.69 Å². The highest BCUT2D eigenvalue weighted by Gasteiger charge is 2.24. The van der Waals surface area contributed by atoms with Gasteiger partial charge in [0.2, 0.25) is 0 Å². The van der Waals surface area contributed by atoms with Crippen LogP contribution in [-0.2, 0) is 4.74 Å². The molecule has 1 fully saturated rings. The zero-order chi connectivity index (χ0) is 13.0. The van der Waals surface area contributed by atoms with Crippen LogP contribution in [0.1, 0.15) is 6.42 Å². The smallest absolute Gasteiger partial charge is 0.119 e. The Balaban J connectivity index is 1.91. The second kappa shape index (κ2) is 6.07. The van der Waals surface area contributed by atoms with E-state index in [1.807, 2.05) is 31.3 Å². The highest BCUT2D eigenvalue weighted by atomic mass is 16.5. The van der Waals surface area contributed by atoms with Crippen LogP contribution in [0.4, 0.5) is 5.69 Å².